The van der Waals surface area contributed by atoms with Gasteiger partial charge in [-0.1, -0.05) is 0 Å². The zero-order valence-corrected chi connectivity index (χ0v) is 11.4. The van der Waals surface area contributed by atoms with Crippen LogP contribution in [-0.4, -0.2) is 50.2 Å². The zero-order chi connectivity index (χ0) is 13.0. The van der Waals surface area contributed by atoms with Gasteiger partial charge in [-0.15, -0.1) is 0 Å². The van der Waals surface area contributed by atoms with Crippen LogP contribution in [-0.2, 0) is 10.0 Å². The lowest BCUT2D eigenvalue weighted by Crippen LogP contribution is -2.32. The number of aromatic amines is 1. The molecule has 6 nitrogen and oxygen atoms in total. The van der Waals surface area contributed by atoms with Crippen LogP contribution in [0.5, 0.6) is 0 Å². The van der Waals surface area contributed by atoms with Gasteiger partial charge in [-0.3, -0.25) is 5.10 Å². The van der Waals surface area contributed by atoms with E-state index in [0.717, 1.165) is 32.4 Å². The molecule has 1 fully saturated rings. The van der Waals surface area contributed by atoms with Crippen molar-refractivity contribution in [3.05, 3.63) is 12.3 Å². The number of sulfonamides is 1. The minimum atomic E-state index is -3.41. The SMILES string of the molecule is CN1CCC(CCNS(=O)(=O)c2ccn[nH]2)CC1. The largest absolute Gasteiger partial charge is 0.306 e. The lowest BCUT2D eigenvalue weighted by molar-refractivity contribution is 0.213. The van der Waals surface area contributed by atoms with Crippen molar-refractivity contribution in [1.29, 1.82) is 0 Å². The summed E-state index contributed by atoms with van der Waals surface area (Å²) < 4.78 is 26.2. The molecule has 0 radical (unpaired) electrons. The summed E-state index contributed by atoms with van der Waals surface area (Å²) in [6, 6.07) is 1.46. The number of nitrogens with zero attached hydrogens (tertiary/aromatic N) is 2. The van der Waals surface area contributed by atoms with Crippen molar-refractivity contribution in [2.24, 2.45) is 5.92 Å². The average Bonchev–Trinajstić information content (AvgIpc) is 2.86. The van der Waals surface area contributed by atoms with Gasteiger partial charge in [-0.25, -0.2) is 13.1 Å². The molecule has 0 saturated carbocycles. The number of likely N-dealkylation sites (tertiary alicyclic amines) is 1. The van der Waals surface area contributed by atoms with Crippen molar-refractivity contribution in [2.75, 3.05) is 26.7 Å². The Bertz CT molecular complexity index is 449. The van der Waals surface area contributed by atoms with Gasteiger partial charge in [0.25, 0.3) is 10.0 Å². The highest BCUT2D eigenvalue weighted by molar-refractivity contribution is 7.89. The molecule has 1 aliphatic heterocycles. The highest BCUT2D eigenvalue weighted by Gasteiger charge is 2.19. The van der Waals surface area contributed by atoms with Crippen LogP contribution in [0.2, 0.25) is 0 Å². The fourth-order valence-corrected chi connectivity index (χ4v) is 3.17. The molecule has 1 saturated heterocycles. The number of hydrogen-bond donors (Lipinski definition) is 2. The maximum absolute atomic E-state index is 11.8. The third kappa shape index (κ3) is 3.54. The van der Waals surface area contributed by atoms with E-state index in [1.807, 2.05) is 0 Å². The third-order valence-electron chi connectivity index (χ3n) is 3.45. The van der Waals surface area contributed by atoms with Crippen LogP contribution in [0.3, 0.4) is 0 Å². The number of hydrogen-bond acceptors (Lipinski definition) is 4. The second-order valence-electron chi connectivity index (χ2n) is 4.85. The highest BCUT2D eigenvalue weighted by Crippen LogP contribution is 2.18. The Hall–Kier alpha value is -0.920. The number of H-pyrrole nitrogens is 1. The van der Waals surface area contributed by atoms with Gasteiger partial charge in [0.15, 0.2) is 5.03 Å². The van der Waals surface area contributed by atoms with Crippen LogP contribution in [0.4, 0.5) is 0 Å². The molecule has 102 valence electrons. The first-order valence-corrected chi connectivity index (χ1v) is 7.74. The molecule has 1 aromatic heterocycles. The molecule has 18 heavy (non-hydrogen) atoms. The summed E-state index contributed by atoms with van der Waals surface area (Å²) in [5.74, 6) is 0.630. The Labute approximate surface area is 108 Å². The second kappa shape index (κ2) is 5.81. The van der Waals surface area contributed by atoms with Crippen LogP contribution in [0.1, 0.15) is 19.3 Å². The molecule has 2 rings (SSSR count). The lowest BCUT2D eigenvalue weighted by atomic mass is 9.94. The summed E-state index contributed by atoms with van der Waals surface area (Å²) in [7, 11) is -1.28. The molecule has 0 atom stereocenters. The summed E-state index contributed by atoms with van der Waals surface area (Å²) in [4.78, 5) is 2.31. The van der Waals surface area contributed by atoms with Crippen LogP contribution < -0.4 is 4.72 Å². The predicted molar refractivity (Wildman–Crippen MR) is 68.6 cm³/mol. The van der Waals surface area contributed by atoms with E-state index < -0.39 is 10.0 Å². The normalized spacial score (nSPS) is 19.2. The maximum Gasteiger partial charge on any atom is 0.257 e. The summed E-state index contributed by atoms with van der Waals surface area (Å²) >= 11 is 0. The summed E-state index contributed by atoms with van der Waals surface area (Å²) in [6.45, 7) is 2.71. The molecule has 0 aromatic carbocycles. The van der Waals surface area contributed by atoms with E-state index in [1.165, 1.54) is 12.3 Å². The van der Waals surface area contributed by atoms with Crippen molar-refractivity contribution in [2.45, 2.75) is 24.3 Å². The fraction of sp³-hybridized carbons (Fsp3) is 0.727. The molecule has 7 heteroatoms. The van der Waals surface area contributed by atoms with Gasteiger partial charge in [0.2, 0.25) is 0 Å². The lowest BCUT2D eigenvalue weighted by Gasteiger charge is -2.28. The molecule has 0 aliphatic carbocycles. The van der Waals surface area contributed by atoms with Crippen molar-refractivity contribution in [3.8, 4) is 0 Å². The van der Waals surface area contributed by atoms with Crippen LogP contribution in [0.25, 0.3) is 0 Å². The number of rotatable bonds is 5. The molecule has 1 aliphatic rings. The quantitative estimate of drug-likeness (QED) is 0.814. The number of nitrogens with one attached hydrogen (secondary N) is 2. The Morgan fingerprint density at radius 1 is 1.50 bits per heavy atom. The van der Waals surface area contributed by atoms with E-state index in [9.17, 15) is 8.42 Å². The average molecular weight is 272 g/mol. The molecular formula is C11H20N4O2S. The molecule has 0 unspecified atom stereocenters. The molecule has 0 bridgehead atoms. The zero-order valence-electron chi connectivity index (χ0n) is 10.6. The first kappa shape index (κ1) is 13.5. The van der Waals surface area contributed by atoms with Gasteiger partial charge in [-0.2, -0.15) is 5.10 Å². The smallest absolute Gasteiger partial charge is 0.257 e. The van der Waals surface area contributed by atoms with Gasteiger partial charge in [-0.05, 0) is 51.4 Å². The highest BCUT2D eigenvalue weighted by atomic mass is 32.2. The van der Waals surface area contributed by atoms with Crippen molar-refractivity contribution in [3.63, 3.8) is 0 Å². The van der Waals surface area contributed by atoms with Gasteiger partial charge in [0.05, 0.1) is 6.20 Å². The molecule has 2 N–H and O–H groups in total. The standard InChI is InChI=1S/C11H20N4O2S/c1-15-8-4-10(5-9-15)2-7-13-18(16,17)11-3-6-12-14-11/h3,6,10,13H,2,4-5,7-9H2,1H3,(H,12,14). The van der Waals surface area contributed by atoms with E-state index in [2.05, 4.69) is 26.9 Å². The van der Waals surface area contributed by atoms with Crippen LogP contribution in [0.15, 0.2) is 17.3 Å². The number of piperidine rings is 1. The topological polar surface area (TPSA) is 78.1 Å². The van der Waals surface area contributed by atoms with Gasteiger partial charge in [0, 0.05) is 6.54 Å². The van der Waals surface area contributed by atoms with Gasteiger partial charge in [0.1, 0.15) is 0 Å². The van der Waals surface area contributed by atoms with Gasteiger partial charge < -0.3 is 4.90 Å². The fourth-order valence-electron chi connectivity index (χ4n) is 2.22. The van der Waals surface area contributed by atoms with Crippen molar-refractivity contribution < 1.29 is 8.42 Å². The first-order valence-electron chi connectivity index (χ1n) is 6.25. The molecule has 1 aromatic rings. The molecular weight excluding hydrogens is 252 g/mol. The van der Waals surface area contributed by atoms with Crippen LogP contribution in [0, 0.1) is 5.92 Å². The monoisotopic (exact) mass is 272 g/mol. The van der Waals surface area contributed by atoms with E-state index >= 15 is 0 Å². The Morgan fingerprint density at radius 3 is 2.83 bits per heavy atom. The maximum atomic E-state index is 11.8. The minimum absolute atomic E-state index is 0.130. The van der Waals surface area contributed by atoms with Gasteiger partial charge >= 0.3 is 0 Å². The second-order valence-corrected chi connectivity index (χ2v) is 6.59. The molecule has 0 amide bonds. The summed E-state index contributed by atoms with van der Waals surface area (Å²) in [6.07, 6.45) is 4.65. The molecule has 2 heterocycles. The molecule has 0 spiro atoms. The summed E-state index contributed by atoms with van der Waals surface area (Å²) in [5, 5.41) is 6.24. The number of aromatic nitrogens is 2. The Kier molecular flexibility index (Phi) is 4.36. The minimum Gasteiger partial charge on any atom is -0.306 e. The summed E-state index contributed by atoms with van der Waals surface area (Å²) in [5.41, 5.74) is 0. The Morgan fingerprint density at radius 2 is 2.22 bits per heavy atom. The van der Waals surface area contributed by atoms with E-state index in [4.69, 9.17) is 0 Å². The van der Waals surface area contributed by atoms with Crippen molar-refractivity contribution >= 4 is 10.0 Å². The van der Waals surface area contributed by atoms with Crippen molar-refractivity contribution in [1.82, 2.24) is 19.8 Å². The van der Waals surface area contributed by atoms with E-state index in [0.29, 0.717) is 12.5 Å². The van der Waals surface area contributed by atoms with E-state index in [1.54, 1.807) is 0 Å². The predicted octanol–water partition coefficient (Wildman–Crippen LogP) is 0.420. The Balaban J connectivity index is 1.75. The first-order chi connectivity index (χ1) is 8.58. The third-order valence-corrected chi connectivity index (χ3v) is 4.84. The van der Waals surface area contributed by atoms with Crippen LogP contribution >= 0.6 is 0 Å². The van der Waals surface area contributed by atoms with E-state index in [-0.39, 0.29) is 5.03 Å².